The van der Waals surface area contributed by atoms with Gasteiger partial charge in [-0.3, -0.25) is 0 Å². The van der Waals surface area contributed by atoms with Crippen LogP contribution in [0.1, 0.15) is 22.3 Å². The molecule has 0 saturated carbocycles. The number of terminal acetylenes is 1. The molecule has 1 aliphatic rings. The molecule has 1 heterocycles. The van der Waals surface area contributed by atoms with Crippen LogP contribution in [0.15, 0.2) is 6.07 Å². The maximum atomic E-state index is 11.4. The summed E-state index contributed by atoms with van der Waals surface area (Å²) in [5, 5.41) is 2.77. The van der Waals surface area contributed by atoms with E-state index in [0.29, 0.717) is 19.7 Å². The van der Waals surface area contributed by atoms with E-state index in [-0.39, 0.29) is 6.03 Å². The Kier molecular flexibility index (Phi) is 4.19. The molecule has 1 fully saturated rings. The van der Waals surface area contributed by atoms with Crippen molar-refractivity contribution in [3.8, 4) is 18.1 Å². The Balaban J connectivity index is 2.06. The van der Waals surface area contributed by atoms with Crippen LogP contribution in [0.2, 0.25) is 0 Å². The van der Waals surface area contributed by atoms with Crippen LogP contribution in [-0.2, 0) is 0 Å². The average molecular weight is 272 g/mol. The standard InChI is InChI=1S/C16H20N2O2/c1-5-14-11(2)10-12(3)15(13(14)4)20-9-8-18-7-6-17-16(18)19/h1,10H,6-9H2,2-4H3,(H,17,19). The van der Waals surface area contributed by atoms with Crippen molar-refractivity contribution in [3.05, 3.63) is 28.3 Å². The van der Waals surface area contributed by atoms with Crippen molar-refractivity contribution < 1.29 is 9.53 Å². The van der Waals surface area contributed by atoms with Gasteiger partial charge in [0.15, 0.2) is 0 Å². The molecule has 106 valence electrons. The van der Waals surface area contributed by atoms with Gasteiger partial charge in [-0.25, -0.2) is 4.79 Å². The molecule has 1 aromatic carbocycles. The Morgan fingerprint density at radius 3 is 2.75 bits per heavy atom. The molecule has 0 atom stereocenters. The van der Waals surface area contributed by atoms with Crippen LogP contribution in [0.3, 0.4) is 0 Å². The predicted octanol–water partition coefficient (Wildman–Crippen LogP) is 2.00. The van der Waals surface area contributed by atoms with Crippen LogP contribution < -0.4 is 10.1 Å². The summed E-state index contributed by atoms with van der Waals surface area (Å²) in [7, 11) is 0. The Morgan fingerprint density at radius 2 is 2.15 bits per heavy atom. The molecular weight excluding hydrogens is 252 g/mol. The minimum atomic E-state index is -0.0183. The molecule has 1 N–H and O–H groups in total. The van der Waals surface area contributed by atoms with E-state index in [1.54, 1.807) is 4.90 Å². The Hall–Kier alpha value is -2.15. The number of hydrogen-bond acceptors (Lipinski definition) is 2. The van der Waals surface area contributed by atoms with Crippen molar-refractivity contribution in [1.29, 1.82) is 0 Å². The van der Waals surface area contributed by atoms with Gasteiger partial charge in [0.25, 0.3) is 0 Å². The lowest BCUT2D eigenvalue weighted by atomic mass is 9.99. The highest BCUT2D eigenvalue weighted by atomic mass is 16.5. The summed E-state index contributed by atoms with van der Waals surface area (Å²) >= 11 is 0. The fourth-order valence-electron chi connectivity index (χ4n) is 2.59. The van der Waals surface area contributed by atoms with Gasteiger partial charge in [0.1, 0.15) is 12.4 Å². The third kappa shape index (κ3) is 2.72. The number of nitrogens with zero attached hydrogens (tertiary/aromatic N) is 1. The first-order chi connectivity index (χ1) is 9.54. The first-order valence-electron chi connectivity index (χ1n) is 6.77. The van der Waals surface area contributed by atoms with Gasteiger partial charge in [0, 0.05) is 24.2 Å². The Morgan fingerprint density at radius 1 is 1.40 bits per heavy atom. The summed E-state index contributed by atoms with van der Waals surface area (Å²) in [6.45, 7) is 8.51. The number of rotatable bonds is 4. The number of hydrogen-bond donors (Lipinski definition) is 1. The fraction of sp³-hybridized carbons (Fsp3) is 0.438. The van der Waals surface area contributed by atoms with E-state index in [2.05, 4.69) is 11.2 Å². The van der Waals surface area contributed by atoms with E-state index in [4.69, 9.17) is 11.2 Å². The van der Waals surface area contributed by atoms with E-state index < -0.39 is 0 Å². The lowest BCUT2D eigenvalue weighted by molar-refractivity contribution is 0.202. The molecule has 4 nitrogen and oxygen atoms in total. The van der Waals surface area contributed by atoms with E-state index in [1.165, 1.54) is 0 Å². The summed E-state index contributed by atoms with van der Waals surface area (Å²) in [5.41, 5.74) is 4.05. The van der Waals surface area contributed by atoms with E-state index in [9.17, 15) is 4.79 Å². The molecule has 2 amide bonds. The average Bonchev–Trinajstić information content (AvgIpc) is 2.79. The van der Waals surface area contributed by atoms with Crippen LogP contribution in [0.25, 0.3) is 0 Å². The lowest BCUT2D eigenvalue weighted by Crippen LogP contribution is -2.32. The molecule has 2 rings (SSSR count). The molecule has 0 unspecified atom stereocenters. The van der Waals surface area contributed by atoms with Crippen molar-refractivity contribution in [2.24, 2.45) is 0 Å². The molecule has 20 heavy (non-hydrogen) atoms. The van der Waals surface area contributed by atoms with Gasteiger partial charge in [-0.2, -0.15) is 0 Å². The van der Waals surface area contributed by atoms with Crippen LogP contribution in [0, 0.1) is 33.1 Å². The minimum Gasteiger partial charge on any atom is -0.491 e. The molecule has 4 heteroatoms. The number of nitrogens with one attached hydrogen (secondary N) is 1. The first kappa shape index (κ1) is 14.3. The largest absolute Gasteiger partial charge is 0.491 e. The molecular formula is C16H20N2O2. The summed E-state index contributed by atoms with van der Waals surface area (Å²) in [6.07, 6.45) is 5.55. The summed E-state index contributed by atoms with van der Waals surface area (Å²) in [6, 6.07) is 2.02. The second-order valence-electron chi connectivity index (χ2n) is 5.05. The molecule has 0 spiro atoms. The van der Waals surface area contributed by atoms with Crippen molar-refractivity contribution in [3.63, 3.8) is 0 Å². The summed E-state index contributed by atoms with van der Waals surface area (Å²) in [4.78, 5) is 13.2. The SMILES string of the molecule is C#Cc1c(C)cc(C)c(OCCN2CCNC2=O)c1C. The van der Waals surface area contributed by atoms with E-state index in [0.717, 1.165) is 34.5 Å². The normalized spacial score (nSPS) is 14.1. The molecule has 1 aliphatic heterocycles. The molecule has 0 aromatic heterocycles. The number of carbonyl (C=O) groups is 1. The smallest absolute Gasteiger partial charge is 0.317 e. The van der Waals surface area contributed by atoms with Gasteiger partial charge in [-0.05, 0) is 31.9 Å². The Bertz CT molecular complexity index is 573. The molecule has 1 aromatic rings. The zero-order valence-corrected chi connectivity index (χ0v) is 12.2. The maximum absolute atomic E-state index is 11.4. The van der Waals surface area contributed by atoms with E-state index >= 15 is 0 Å². The second-order valence-corrected chi connectivity index (χ2v) is 5.05. The van der Waals surface area contributed by atoms with Gasteiger partial charge in [-0.15, -0.1) is 6.42 Å². The zero-order valence-electron chi connectivity index (χ0n) is 12.2. The number of benzene rings is 1. The van der Waals surface area contributed by atoms with Gasteiger partial charge >= 0.3 is 6.03 Å². The fourth-order valence-corrected chi connectivity index (χ4v) is 2.59. The highest BCUT2D eigenvalue weighted by Crippen LogP contribution is 2.28. The molecule has 0 aliphatic carbocycles. The van der Waals surface area contributed by atoms with Gasteiger partial charge < -0.3 is 15.0 Å². The molecule has 0 radical (unpaired) electrons. The first-order valence-corrected chi connectivity index (χ1v) is 6.77. The third-order valence-electron chi connectivity index (χ3n) is 3.60. The number of carbonyl (C=O) groups excluding carboxylic acids is 1. The quantitative estimate of drug-likeness (QED) is 0.852. The topological polar surface area (TPSA) is 41.6 Å². The summed E-state index contributed by atoms with van der Waals surface area (Å²) < 4.78 is 5.86. The van der Waals surface area contributed by atoms with Crippen LogP contribution >= 0.6 is 0 Å². The predicted molar refractivity (Wildman–Crippen MR) is 79.1 cm³/mol. The highest BCUT2D eigenvalue weighted by molar-refractivity contribution is 5.76. The molecule has 0 bridgehead atoms. The third-order valence-corrected chi connectivity index (χ3v) is 3.60. The lowest BCUT2D eigenvalue weighted by Gasteiger charge is -2.18. The van der Waals surface area contributed by atoms with Crippen molar-refractivity contribution in [1.82, 2.24) is 10.2 Å². The van der Waals surface area contributed by atoms with Crippen LogP contribution in [-0.4, -0.2) is 37.2 Å². The molecule has 1 saturated heterocycles. The van der Waals surface area contributed by atoms with Crippen LogP contribution in [0.4, 0.5) is 4.79 Å². The minimum absolute atomic E-state index is 0.0183. The monoisotopic (exact) mass is 272 g/mol. The van der Waals surface area contributed by atoms with Gasteiger partial charge in [0.2, 0.25) is 0 Å². The van der Waals surface area contributed by atoms with Gasteiger partial charge in [0.05, 0.1) is 6.54 Å². The summed E-state index contributed by atoms with van der Waals surface area (Å²) in [5.74, 6) is 3.55. The second kappa shape index (κ2) is 5.87. The van der Waals surface area contributed by atoms with Crippen LogP contribution in [0.5, 0.6) is 5.75 Å². The van der Waals surface area contributed by atoms with Crippen molar-refractivity contribution >= 4 is 6.03 Å². The highest BCUT2D eigenvalue weighted by Gasteiger charge is 2.19. The zero-order chi connectivity index (χ0) is 14.7. The number of amides is 2. The van der Waals surface area contributed by atoms with Crippen molar-refractivity contribution in [2.75, 3.05) is 26.2 Å². The van der Waals surface area contributed by atoms with Crippen molar-refractivity contribution in [2.45, 2.75) is 20.8 Å². The number of ether oxygens (including phenoxy) is 1. The van der Waals surface area contributed by atoms with Gasteiger partial charge in [-0.1, -0.05) is 12.0 Å². The van der Waals surface area contributed by atoms with E-state index in [1.807, 2.05) is 26.8 Å². The number of urea groups is 1. The number of aryl methyl sites for hydroxylation is 2. The maximum Gasteiger partial charge on any atom is 0.317 e. The Labute approximate surface area is 120 Å².